The van der Waals surface area contributed by atoms with Crippen LogP contribution < -0.4 is 9.47 Å². The molecule has 4 nitrogen and oxygen atoms in total. The van der Waals surface area contributed by atoms with Gasteiger partial charge in [-0.15, -0.1) is 0 Å². The molecule has 0 aromatic heterocycles. The van der Waals surface area contributed by atoms with Gasteiger partial charge in [-0.2, -0.15) is 0 Å². The summed E-state index contributed by atoms with van der Waals surface area (Å²) in [6.45, 7) is 6.54. The molecule has 1 N–H and O–H groups in total. The van der Waals surface area contributed by atoms with Crippen LogP contribution in [0.3, 0.4) is 0 Å². The van der Waals surface area contributed by atoms with Gasteiger partial charge in [-0.25, -0.2) is 0 Å². The number of methoxy groups -OCH3 is 2. The monoisotopic (exact) mass is 335 g/mol. The first kappa shape index (κ1) is 19.1. The summed E-state index contributed by atoms with van der Waals surface area (Å²) in [5.74, 6) is 2.61. The number of hydrogen-bond acceptors (Lipinski definition) is 4. The fraction of sp³-hybridized carbons (Fsp3) is 0.700. The maximum Gasteiger partial charge on any atom is 0.161 e. The van der Waals surface area contributed by atoms with E-state index in [0.29, 0.717) is 17.9 Å². The molecule has 24 heavy (non-hydrogen) atoms. The van der Waals surface area contributed by atoms with Gasteiger partial charge >= 0.3 is 0 Å². The molecular formula is C20H33NO3. The smallest absolute Gasteiger partial charge is 0.161 e. The molecule has 0 saturated carbocycles. The van der Waals surface area contributed by atoms with Gasteiger partial charge in [0.05, 0.1) is 20.3 Å². The van der Waals surface area contributed by atoms with E-state index in [0.717, 1.165) is 43.9 Å². The van der Waals surface area contributed by atoms with Crippen molar-refractivity contribution < 1.29 is 14.6 Å². The van der Waals surface area contributed by atoms with Gasteiger partial charge in [0.1, 0.15) is 0 Å². The third-order valence-corrected chi connectivity index (χ3v) is 5.37. The average molecular weight is 335 g/mol. The number of benzene rings is 1. The molecule has 1 aromatic carbocycles. The first-order valence-corrected chi connectivity index (χ1v) is 8.70. The standard InChI is InChI=1S/C19H29NO3.CH4/c1-12(2)7-14-11-20-6-5-13-8-18(22-3)19(23-4)9-15(13)16(20)10-17(14)21;/h8-9,12,14,16-17,21H,5-7,10-11H2,1-4H3;1H4/t14-,16-,17-;/m1./s1. The predicted molar refractivity (Wildman–Crippen MR) is 97.9 cm³/mol. The Hall–Kier alpha value is -1.26. The van der Waals surface area contributed by atoms with Crippen LogP contribution in [0, 0.1) is 11.8 Å². The van der Waals surface area contributed by atoms with E-state index < -0.39 is 0 Å². The van der Waals surface area contributed by atoms with E-state index in [1.165, 1.54) is 11.1 Å². The summed E-state index contributed by atoms with van der Waals surface area (Å²) in [7, 11) is 3.36. The Balaban J connectivity index is 0.00000208. The van der Waals surface area contributed by atoms with Gasteiger partial charge in [0.2, 0.25) is 0 Å². The highest BCUT2D eigenvalue weighted by Gasteiger charge is 2.38. The molecule has 0 radical (unpaired) electrons. The normalized spacial score (nSPS) is 26.3. The van der Waals surface area contributed by atoms with Crippen LogP contribution in [0.15, 0.2) is 12.1 Å². The zero-order chi connectivity index (χ0) is 16.6. The minimum absolute atomic E-state index is 0. The number of rotatable bonds is 4. The minimum atomic E-state index is -0.210. The van der Waals surface area contributed by atoms with Crippen molar-refractivity contribution in [1.29, 1.82) is 0 Å². The topological polar surface area (TPSA) is 41.9 Å². The van der Waals surface area contributed by atoms with Gasteiger partial charge in [0.25, 0.3) is 0 Å². The van der Waals surface area contributed by atoms with E-state index in [2.05, 4.69) is 30.9 Å². The summed E-state index contributed by atoms with van der Waals surface area (Å²) < 4.78 is 10.9. The maximum atomic E-state index is 10.6. The number of ether oxygens (including phenoxy) is 2. The van der Waals surface area contributed by atoms with Crippen LogP contribution in [-0.2, 0) is 6.42 Å². The van der Waals surface area contributed by atoms with Crippen molar-refractivity contribution in [2.24, 2.45) is 11.8 Å². The van der Waals surface area contributed by atoms with Crippen LogP contribution in [-0.4, -0.2) is 43.4 Å². The summed E-state index contributed by atoms with van der Waals surface area (Å²) in [6, 6.07) is 4.52. The van der Waals surface area contributed by atoms with Crippen molar-refractivity contribution in [3.05, 3.63) is 23.3 Å². The van der Waals surface area contributed by atoms with Crippen LogP contribution >= 0.6 is 0 Å². The van der Waals surface area contributed by atoms with Gasteiger partial charge in [0, 0.05) is 19.1 Å². The van der Waals surface area contributed by atoms with Crippen LogP contribution in [0.2, 0.25) is 0 Å². The first-order chi connectivity index (χ1) is 11.0. The zero-order valence-electron chi connectivity index (χ0n) is 14.7. The average Bonchev–Trinajstić information content (AvgIpc) is 2.53. The number of aliphatic hydroxyl groups is 1. The summed E-state index contributed by atoms with van der Waals surface area (Å²) >= 11 is 0. The predicted octanol–water partition coefficient (Wildman–Crippen LogP) is 3.67. The second kappa shape index (κ2) is 7.75. The molecule has 1 fully saturated rings. The Morgan fingerprint density at radius 3 is 2.50 bits per heavy atom. The van der Waals surface area contributed by atoms with E-state index in [1.807, 2.05) is 0 Å². The van der Waals surface area contributed by atoms with E-state index in [4.69, 9.17) is 9.47 Å². The van der Waals surface area contributed by atoms with Crippen molar-refractivity contribution in [2.75, 3.05) is 27.3 Å². The summed E-state index contributed by atoms with van der Waals surface area (Å²) in [5, 5.41) is 10.6. The van der Waals surface area contributed by atoms with Crippen LogP contribution in [0.25, 0.3) is 0 Å². The van der Waals surface area contributed by atoms with Gasteiger partial charge in [-0.1, -0.05) is 21.3 Å². The van der Waals surface area contributed by atoms with Gasteiger partial charge in [-0.05, 0) is 54.4 Å². The van der Waals surface area contributed by atoms with Gasteiger partial charge in [-0.3, -0.25) is 4.90 Å². The third-order valence-electron chi connectivity index (χ3n) is 5.37. The Morgan fingerprint density at radius 2 is 1.88 bits per heavy atom. The molecule has 3 atom stereocenters. The Labute approximate surface area is 146 Å². The van der Waals surface area contributed by atoms with Crippen molar-refractivity contribution in [2.45, 2.75) is 52.7 Å². The lowest BCUT2D eigenvalue weighted by Crippen LogP contribution is -2.48. The fourth-order valence-corrected chi connectivity index (χ4v) is 4.26. The quantitative estimate of drug-likeness (QED) is 0.912. The summed E-state index contributed by atoms with van der Waals surface area (Å²) in [4.78, 5) is 2.55. The van der Waals surface area contributed by atoms with E-state index in [9.17, 15) is 5.11 Å². The Bertz CT molecular complexity index is 558. The molecule has 1 aromatic rings. The van der Waals surface area contributed by atoms with E-state index >= 15 is 0 Å². The molecule has 2 aliphatic rings. The molecule has 0 spiro atoms. The Kier molecular flexibility index (Phi) is 6.16. The minimum Gasteiger partial charge on any atom is -0.493 e. The molecule has 136 valence electrons. The van der Waals surface area contributed by atoms with Crippen molar-refractivity contribution in [3.8, 4) is 11.5 Å². The first-order valence-electron chi connectivity index (χ1n) is 8.70. The molecule has 0 bridgehead atoms. The maximum absolute atomic E-state index is 10.6. The molecule has 0 amide bonds. The van der Waals surface area contributed by atoms with Crippen molar-refractivity contribution >= 4 is 0 Å². The summed E-state index contributed by atoms with van der Waals surface area (Å²) in [5.41, 5.74) is 2.63. The van der Waals surface area contributed by atoms with E-state index in [-0.39, 0.29) is 13.5 Å². The van der Waals surface area contributed by atoms with E-state index in [1.54, 1.807) is 14.2 Å². The van der Waals surface area contributed by atoms with Crippen LogP contribution in [0.5, 0.6) is 11.5 Å². The number of piperidine rings is 1. The third kappa shape index (κ3) is 3.55. The SMILES string of the molecule is C.COc1cc2c(cc1OC)[C@H]1C[C@@H](O)[C@H](CC(C)C)CN1CC2. The molecule has 0 unspecified atom stereocenters. The van der Waals surface area contributed by atoms with Crippen molar-refractivity contribution in [1.82, 2.24) is 4.90 Å². The number of hydrogen-bond donors (Lipinski definition) is 1. The van der Waals surface area contributed by atoms with Gasteiger partial charge < -0.3 is 14.6 Å². The lowest BCUT2D eigenvalue weighted by atomic mass is 9.79. The highest BCUT2D eigenvalue weighted by molar-refractivity contribution is 5.49. The molecular weight excluding hydrogens is 302 g/mol. The summed E-state index contributed by atoms with van der Waals surface area (Å²) in [6.07, 6.45) is 2.75. The molecule has 4 heteroatoms. The lowest BCUT2D eigenvalue weighted by molar-refractivity contribution is -0.0191. The van der Waals surface area contributed by atoms with Gasteiger partial charge in [0.15, 0.2) is 11.5 Å². The van der Waals surface area contributed by atoms with Crippen LogP contribution in [0.1, 0.15) is 51.3 Å². The second-order valence-electron chi connectivity index (χ2n) is 7.36. The largest absolute Gasteiger partial charge is 0.493 e. The number of nitrogens with zero attached hydrogens (tertiary/aromatic N) is 1. The number of aliphatic hydroxyl groups excluding tert-OH is 1. The fourth-order valence-electron chi connectivity index (χ4n) is 4.26. The number of fused-ring (bicyclic) bond motifs is 3. The Morgan fingerprint density at radius 1 is 1.21 bits per heavy atom. The zero-order valence-corrected chi connectivity index (χ0v) is 14.7. The highest BCUT2D eigenvalue weighted by Crippen LogP contribution is 2.43. The van der Waals surface area contributed by atoms with Crippen molar-refractivity contribution in [3.63, 3.8) is 0 Å². The highest BCUT2D eigenvalue weighted by atomic mass is 16.5. The lowest BCUT2D eigenvalue weighted by Gasteiger charge is -2.46. The molecule has 2 aliphatic heterocycles. The second-order valence-corrected chi connectivity index (χ2v) is 7.36. The van der Waals surface area contributed by atoms with Crippen LogP contribution in [0.4, 0.5) is 0 Å². The molecule has 1 saturated heterocycles. The molecule has 2 heterocycles. The molecule has 0 aliphatic carbocycles. The molecule has 3 rings (SSSR count).